The summed E-state index contributed by atoms with van der Waals surface area (Å²) in [4.78, 5) is 52.6. The first-order valence-corrected chi connectivity index (χ1v) is 24.7. The van der Waals surface area contributed by atoms with Crippen LogP contribution in [0.15, 0.2) is 72.9 Å². The first-order valence-electron chi connectivity index (χ1n) is 21.7. The molecular formula is C44H76O14P2. The number of esters is 2. The fourth-order valence-electron chi connectivity index (χ4n) is 5.35. The van der Waals surface area contributed by atoms with Crippen molar-refractivity contribution in [3.63, 3.8) is 0 Å². The molecule has 0 aromatic rings. The van der Waals surface area contributed by atoms with Crippen LogP contribution in [0, 0.1) is 0 Å². The maximum Gasteiger partial charge on any atom is 0.472 e. The van der Waals surface area contributed by atoms with Crippen molar-refractivity contribution >= 4 is 27.6 Å². The molecule has 0 heterocycles. The Morgan fingerprint density at radius 2 is 1.05 bits per heavy atom. The Labute approximate surface area is 359 Å². The number of aliphatic hydroxyl groups excluding tert-OH is 2. The number of ether oxygens (including phenoxy) is 2. The van der Waals surface area contributed by atoms with Crippen molar-refractivity contribution in [1.82, 2.24) is 0 Å². The minimum Gasteiger partial charge on any atom is -0.462 e. The van der Waals surface area contributed by atoms with Crippen LogP contribution in [-0.4, -0.2) is 81.6 Å². The van der Waals surface area contributed by atoms with Crippen LogP contribution < -0.4 is 0 Å². The van der Waals surface area contributed by atoms with E-state index in [0.29, 0.717) is 25.7 Å². The number of rotatable bonds is 40. The molecule has 0 rings (SSSR count). The SMILES string of the molecule is CCCCCC/C=C\C=C/CCCCCCCC(=O)O[C@H](COC(=O)CCC/C=C\C/C=C\C/C=C\C/C=C\CC(O)CCC)COP(=O)(O)OC[C@@H](O)COP(=O)(O)O. The Kier molecular flexibility index (Phi) is 37.7. The largest absolute Gasteiger partial charge is 0.472 e. The van der Waals surface area contributed by atoms with Gasteiger partial charge in [0.1, 0.15) is 12.7 Å². The lowest BCUT2D eigenvalue weighted by molar-refractivity contribution is -0.161. The zero-order valence-electron chi connectivity index (χ0n) is 36.1. The maximum atomic E-state index is 12.6. The van der Waals surface area contributed by atoms with Crippen molar-refractivity contribution < 1.29 is 66.7 Å². The highest BCUT2D eigenvalue weighted by molar-refractivity contribution is 7.47. The first kappa shape index (κ1) is 57.5. The predicted octanol–water partition coefficient (Wildman–Crippen LogP) is 9.98. The van der Waals surface area contributed by atoms with Crippen molar-refractivity contribution in [2.75, 3.05) is 26.4 Å². The molecule has 0 saturated heterocycles. The Bertz CT molecular complexity index is 1350. The van der Waals surface area contributed by atoms with Gasteiger partial charge in [0, 0.05) is 12.8 Å². The average molecular weight is 891 g/mol. The first-order chi connectivity index (χ1) is 28.8. The number of allylic oxidation sites excluding steroid dienone is 11. The fourth-order valence-corrected chi connectivity index (χ4v) is 6.50. The molecule has 14 nitrogen and oxygen atoms in total. The molecule has 4 atom stereocenters. The van der Waals surface area contributed by atoms with Crippen molar-refractivity contribution in [3.8, 4) is 0 Å². The van der Waals surface area contributed by atoms with E-state index >= 15 is 0 Å². The zero-order valence-corrected chi connectivity index (χ0v) is 37.9. The number of unbranched alkanes of at least 4 members (excludes halogenated alkanes) is 10. The van der Waals surface area contributed by atoms with Gasteiger partial charge in [-0.3, -0.25) is 23.2 Å². The topological polar surface area (TPSA) is 216 Å². The molecule has 2 unspecified atom stereocenters. The lowest BCUT2D eigenvalue weighted by Gasteiger charge is -2.20. The second-order valence-corrected chi connectivity index (χ2v) is 17.2. The van der Waals surface area contributed by atoms with E-state index in [4.69, 9.17) is 23.8 Å². The van der Waals surface area contributed by atoms with Gasteiger partial charge >= 0.3 is 27.6 Å². The number of hydrogen-bond acceptors (Lipinski definition) is 11. The molecule has 0 aromatic carbocycles. The molecule has 0 aromatic heterocycles. The lowest BCUT2D eigenvalue weighted by atomic mass is 10.1. The monoisotopic (exact) mass is 890 g/mol. The average Bonchev–Trinajstić information content (AvgIpc) is 3.20. The summed E-state index contributed by atoms with van der Waals surface area (Å²) in [6, 6.07) is 0. The molecule has 0 amide bonds. The molecular weight excluding hydrogens is 814 g/mol. The highest BCUT2D eigenvalue weighted by Crippen LogP contribution is 2.43. The van der Waals surface area contributed by atoms with Gasteiger partial charge in [-0.05, 0) is 77.0 Å². The molecule has 0 saturated carbocycles. The van der Waals surface area contributed by atoms with Crippen molar-refractivity contribution in [3.05, 3.63) is 72.9 Å². The third-order valence-electron chi connectivity index (χ3n) is 8.64. The molecule has 0 spiro atoms. The van der Waals surface area contributed by atoms with Crippen LogP contribution in [0.1, 0.15) is 149 Å². The Morgan fingerprint density at radius 1 is 0.533 bits per heavy atom. The minimum absolute atomic E-state index is 0.0912. The highest BCUT2D eigenvalue weighted by Gasteiger charge is 2.28. The van der Waals surface area contributed by atoms with Crippen molar-refractivity contribution in [2.45, 2.75) is 167 Å². The number of aliphatic hydroxyl groups is 2. The molecule has 0 fully saturated rings. The number of phosphoric acid groups is 2. The van der Waals surface area contributed by atoms with Gasteiger partial charge in [0.25, 0.3) is 0 Å². The normalized spacial score (nSPS) is 15.2. The number of hydrogen-bond donors (Lipinski definition) is 5. The van der Waals surface area contributed by atoms with E-state index < -0.39 is 66.2 Å². The van der Waals surface area contributed by atoms with E-state index in [9.17, 15) is 33.8 Å². The third-order valence-corrected chi connectivity index (χ3v) is 10.1. The summed E-state index contributed by atoms with van der Waals surface area (Å²) >= 11 is 0. The van der Waals surface area contributed by atoms with Crippen LogP contribution in [0.5, 0.6) is 0 Å². The van der Waals surface area contributed by atoms with E-state index in [1.807, 2.05) is 18.2 Å². The van der Waals surface area contributed by atoms with E-state index in [2.05, 4.69) is 77.6 Å². The van der Waals surface area contributed by atoms with Gasteiger partial charge in [-0.15, -0.1) is 0 Å². The second-order valence-electron chi connectivity index (χ2n) is 14.5. The molecule has 0 bridgehead atoms. The molecule has 0 aliphatic carbocycles. The van der Waals surface area contributed by atoms with E-state index in [-0.39, 0.29) is 18.9 Å². The third kappa shape index (κ3) is 42.2. The number of carbonyl (C=O) groups excluding carboxylic acids is 2. The van der Waals surface area contributed by atoms with Gasteiger partial charge < -0.3 is 34.4 Å². The molecule has 16 heteroatoms. The zero-order chi connectivity index (χ0) is 44.6. The number of carbonyl (C=O) groups is 2. The summed E-state index contributed by atoms with van der Waals surface area (Å²) in [6.07, 6.45) is 39.6. The summed E-state index contributed by atoms with van der Waals surface area (Å²) in [5, 5.41) is 19.5. The smallest absolute Gasteiger partial charge is 0.462 e. The van der Waals surface area contributed by atoms with Gasteiger partial charge in [0.15, 0.2) is 6.10 Å². The predicted molar refractivity (Wildman–Crippen MR) is 236 cm³/mol. The van der Waals surface area contributed by atoms with Crippen LogP contribution in [0.2, 0.25) is 0 Å². The second kappa shape index (κ2) is 39.4. The van der Waals surface area contributed by atoms with Crippen molar-refractivity contribution in [2.24, 2.45) is 0 Å². The molecule has 346 valence electrons. The van der Waals surface area contributed by atoms with E-state index in [1.54, 1.807) is 0 Å². The van der Waals surface area contributed by atoms with Gasteiger partial charge in [-0.25, -0.2) is 9.13 Å². The summed E-state index contributed by atoms with van der Waals surface area (Å²) in [7, 11) is -9.71. The summed E-state index contributed by atoms with van der Waals surface area (Å²) in [5.41, 5.74) is 0. The lowest BCUT2D eigenvalue weighted by Crippen LogP contribution is -2.30. The highest BCUT2D eigenvalue weighted by atomic mass is 31.2. The van der Waals surface area contributed by atoms with Crippen LogP contribution in [-0.2, 0) is 41.8 Å². The van der Waals surface area contributed by atoms with Crippen LogP contribution in [0.25, 0.3) is 0 Å². The van der Waals surface area contributed by atoms with Gasteiger partial charge in [-0.2, -0.15) is 0 Å². The van der Waals surface area contributed by atoms with Crippen LogP contribution >= 0.6 is 15.6 Å². The van der Waals surface area contributed by atoms with Crippen LogP contribution in [0.4, 0.5) is 0 Å². The van der Waals surface area contributed by atoms with Crippen LogP contribution in [0.3, 0.4) is 0 Å². The van der Waals surface area contributed by atoms with E-state index in [1.165, 1.54) is 25.7 Å². The Balaban J connectivity index is 4.67. The fraction of sp³-hybridized carbons (Fsp3) is 0.682. The number of phosphoric ester groups is 2. The minimum atomic E-state index is -4.88. The molecule has 0 radical (unpaired) electrons. The maximum absolute atomic E-state index is 12.6. The van der Waals surface area contributed by atoms with Gasteiger partial charge in [0.05, 0.1) is 25.9 Å². The van der Waals surface area contributed by atoms with Gasteiger partial charge in [0.2, 0.25) is 0 Å². The van der Waals surface area contributed by atoms with Crippen molar-refractivity contribution in [1.29, 1.82) is 0 Å². The summed E-state index contributed by atoms with van der Waals surface area (Å²) in [6.45, 7) is 1.44. The Hall–Kier alpha value is -2.48. The van der Waals surface area contributed by atoms with Gasteiger partial charge in [-0.1, -0.05) is 132 Å². The molecule has 0 aliphatic heterocycles. The van der Waals surface area contributed by atoms with E-state index in [0.717, 1.165) is 70.6 Å². The quantitative estimate of drug-likeness (QED) is 0.0127. The summed E-state index contributed by atoms with van der Waals surface area (Å²) < 4.78 is 47.7. The Morgan fingerprint density at radius 3 is 1.67 bits per heavy atom. The molecule has 5 N–H and O–H groups in total. The molecule has 60 heavy (non-hydrogen) atoms. The summed E-state index contributed by atoms with van der Waals surface area (Å²) in [5.74, 6) is -1.14. The standard InChI is InChI=1S/C44H76O14P2/c1-3-5-6-7-8-9-10-11-12-15-19-22-25-28-31-35-44(48)58-42(39-57-60(52,53)56-37-41(46)36-55-59(49,50)51)38-54-43(47)34-30-27-24-21-18-16-13-14-17-20-23-26-29-33-40(45)32-4-2/h9-13,16-17,20-21,24,26,29,40-42,45-46H,3-8,14-15,18-19,22-23,25,27-28,30-39H2,1-2H3,(H,52,53)(H2,49,50,51)/b10-9-,12-11-,16-13-,20-17-,24-21-,29-26-/t40?,41-,42+/m0/s1. The molecule has 0 aliphatic rings.